The maximum absolute atomic E-state index is 12.8. The van der Waals surface area contributed by atoms with E-state index in [1.54, 1.807) is 30.6 Å². The molecule has 3 aromatic rings. The first kappa shape index (κ1) is 17.0. The molecule has 136 valence electrons. The minimum Gasteiger partial charge on any atom is -0.507 e. The van der Waals surface area contributed by atoms with Crippen LogP contribution < -0.4 is 0 Å². The van der Waals surface area contributed by atoms with Gasteiger partial charge in [0, 0.05) is 35.4 Å². The van der Waals surface area contributed by atoms with Gasteiger partial charge < -0.3 is 15.0 Å². The van der Waals surface area contributed by atoms with Crippen molar-refractivity contribution in [1.82, 2.24) is 14.9 Å². The molecule has 3 heterocycles. The third-order valence-electron chi connectivity index (χ3n) is 4.82. The summed E-state index contributed by atoms with van der Waals surface area (Å²) < 4.78 is 0. The average Bonchev–Trinajstić information content (AvgIpc) is 3.23. The van der Waals surface area contributed by atoms with Gasteiger partial charge in [0.05, 0.1) is 11.3 Å². The summed E-state index contributed by atoms with van der Waals surface area (Å²) in [6.07, 6.45) is 3.97. The molecule has 4 rings (SSSR count). The van der Waals surface area contributed by atoms with Crippen LogP contribution in [0.5, 0.6) is 0 Å². The topological polar surface area (TPSA) is 86.3 Å². The number of aromatic amines is 1. The molecule has 1 amide bonds. The molecule has 6 nitrogen and oxygen atoms in total. The minimum atomic E-state index is -0.695. The number of likely N-dealkylation sites (tertiary alicyclic amines) is 1. The second-order valence-electron chi connectivity index (χ2n) is 6.50. The summed E-state index contributed by atoms with van der Waals surface area (Å²) in [6.45, 7) is 2.35. The van der Waals surface area contributed by atoms with Crippen LogP contribution in [0.25, 0.3) is 16.7 Å². The Labute approximate surface area is 156 Å². The molecule has 2 N–H and O–H groups in total. The van der Waals surface area contributed by atoms with Crippen molar-refractivity contribution in [2.75, 3.05) is 6.54 Å². The summed E-state index contributed by atoms with van der Waals surface area (Å²) in [5, 5.41) is 11.8. The molecule has 1 aromatic carbocycles. The SMILES string of the molecule is CCCN1C(=O)C(=O)/C(=C(\O)c2c[nH]c3ccccc23)C1c1ccccn1. The molecule has 2 aromatic heterocycles. The van der Waals surface area contributed by atoms with E-state index in [-0.39, 0.29) is 11.3 Å². The van der Waals surface area contributed by atoms with Gasteiger partial charge in [-0.3, -0.25) is 14.6 Å². The van der Waals surface area contributed by atoms with Crippen LogP contribution in [0.3, 0.4) is 0 Å². The van der Waals surface area contributed by atoms with Gasteiger partial charge in [-0.25, -0.2) is 0 Å². The molecule has 1 aliphatic rings. The Balaban J connectivity index is 1.93. The van der Waals surface area contributed by atoms with E-state index in [2.05, 4.69) is 9.97 Å². The van der Waals surface area contributed by atoms with Crippen molar-refractivity contribution in [3.8, 4) is 0 Å². The molecule has 0 radical (unpaired) electrons. The van der Waals surface area contributed by atoms with E-state index in [9.17, 15) is 14.7 Å². The first-order valence-corrected chi connectivity index (χ1v) is 8.89. The standard InChI is InChI=1S/C21H19N3O3/c1-2-11-24-18(16-9-5-6-10-22-16)17(20(26)21(24)27)19(25)14-12-23-15-8-4-3-7-13(14)15/h3-10,12,18,23,25H,2,11H2,1H3/b19-17-. The van der Waals surface area contributed by atoms with Gasteiger partial charge in [0.15, 0.2) is 0 Å². The van der Waals surface area contributed by atoms with E-state index in [4.69, 9.17) is 0 Å². The van der Waals surface area contributed by atoms with Crippen molar-refractivity contribution in [2.45, 2.75) is 19.4 Å². The van der Waals surface area contributed by atoms with Gasteiger partial charge in [-0.1, -0.05) is 31.2 Å². The molecule has 1 fully saturated rings. The minimum absolute atomic E-state index is 0.0805. The zero-order chi connectivity index (χ0) is 19.0. The van der Waals surface area contributed by atoms with E-state index >= 15 is 0 Å². The van der Waals surface area contributed by atoms with Gasteiger partial charge in [0.2, 0.25) is 0 Å². The smallest absolute Gasteiger partial charge is 0.295 e. The van der Waals surface area contributed by atoms with Gasteiger partial charge in [-0.05, 0) is 24.6 Å². The van der Waals surface area contributed by atoms with E-state index < -0.39 is 17.7 Å². The first-order chi connectivity index (χ1) is 13.1. The second-order valence-corrected chi connectivity index (χ2v) is 6.50. The van der Waals surface area contributed by atoms with Gasteiger partial charge >= 0.3 is 0 Å². The first-order valence-electron chi connectivity index (χ1n) is 8.89. The molecule has 0 saturated carbocycles. The number of hydrogen-bond acceptors (Lipinski definition) is 4. The number of carbonyl (C=O) groups excluding carboxylic acids is 2. The number of carbonyl (C=O) groups is 2. The normalized spacial score (nSPS) is 19.1. The Bertz CT molecular complexity index is 1050. The highest BCUT2D eigenvalue weighted by molar-refractivity contribution is 6.46. The Hall–Kier alpha value is -3.41. The molecule has 1 unspecified atom stereocenters. The van der Waals surface area contributed by atoms with Crippen LogP contribution in [0.1, 0.15) is 30.6 Å². The number of amides is 1. The summed E-state index contributed by atoms with van der Waals surface area (Å²) in [5.74, 6) is -1.46. The van der Waals surface area contributed by atoms with Gasteiger partial charge in [-0.2, -0.15) is 0 Å². The van der Waals surface area contributed by atoms with E-state index in [1.807, 2.05) is 31.2 Å². The summed E-state index contributed by atoms with van der Waals surface area (Å²) in [5.41, 5.74) is 1.99. The third-order valence-corrected chi connectivity index (χ3v) is 4.82. The second kappa shape index (κ2) is 6.72. The fraction of sp³-hybridized carbons (Fsp3) is 0.190. The summed E-state index contributed by atoms with van der Waals surface area (Å²) in [4.78, 5) is 34.3. The lowest BCUT2D eigenvalue weighted by Gasteiger charge is -2.23. The summed E-state index contributed by atoms with van der Waals surface area (Å²) >= 11 is 0. The van der Waals surface area contributed by atoms with Crippen molar-refractivity contribution in [3.63, 3.8) is 0 Å². The summed E-state index contributed by atoms with van der Waals surface area (Å²) in [6, 6.07) is 12.1. The van der Waals surface area contributed by atoms with Crippen LogP contribution in [0, 0.1) is 0 Å². The summed E-state index contributed by atoms with van der Waals surface area (Å²) in [7, 11) is 0. The van der Waals surface area contributed by atoms with E-state index in [0.717, 1.165) is 10.9 Å². The molecular formula is C21H19N3O3. The quantitative estimate of drug-likeness (QED) is 0.424. The van der Waals surface area contributed by atoms with Crippen LogP contribution in [0.2, 0.25) is 0 Å². The number of nitrogens with one attached hydrogen (secondary N) is 1. The molecule has 0 bridgehead atoms. The number of aromatic nitrogens is 2. The number of H-pyrrole nitrogens is 1. The molecule has 27 heavy (non-hydrogen) atoms. The highest BCUT2D eigenvalue weighted by Crippen LogP contribution is 2.39. The molecule has 1 saturated heterocycles. The lowest BCUT2D eigenvalue weighted by molar-refractivity contribution is -0.139. The molecular weight excluding hydrogens is 342 g/mol. The van der Waals surface area contributed by atoms with Crippen LogP contribution in [-0.2, 0) is 9.59 Å². The van der Waals surface area contributed by atoms with Crippen LogP contribution in [-0.4, -0.2) is 38.2 Å². The Morgan fingerprint density at radius 3 is 2.70 bits per heavy atom. The number of aliphatic hydroxyl groups is 1. The van der Waals surface area contributed by atoms with Crippen molar-refractivity contribution in [3.05, 3.63) is 71.7 Å². The number of Topliss-reactive ketones (excluding diaryl/α,β-unsaturated/α-hetero) is 1. The number of hydrogen-bond donors (Lipinski definition) is 2. The van der Waals surface area contributed by atoms with Crippen LogP contribution in [0.15, 0.2) is 60.4 Å². The van der Waals surface area contributed by atoms with Crippen molar-refractivity contribution in [2.24, 2.45) is 0 Å². The molecule has 1 atom stereocenters. The number of pyridine rings is 1. The number of nitrogens with zero attached hydrogens (tertiary/aromatic N) is 2. The highest BCUT2D eigenvalue weighted by atomic mass is 16.3. The fourth-order valence-corrected chi connectivity index (χ4v) is 3.61. The number of ketones is 1. The van der Waals surface area contributed by atoms with E-state index in [1.165, 1.54) is 4.90 Å². The van der Waals surface area contributed by atoms with Crippen molar-refractivity contribution in [1.29, 1.82) is 0 Å². The predicted octanol–water partition coefficient (Wildman–Crippen LogP) is 3.39. The Morgan fingerprint density at radius 2 is 1.96 bits per heavy atom. The van der Waals surface area contributed by atoms with Crippen molar-refractivity contribution >= 4 is 28.4 Å². The number of fused-ring (bicyclic) bond motifs is 1. The highest BCUT2D eigenvalue weighted by Gasteiger charge is 2.46. The van der Waals surface area contributed by atoms with Crippen LogP contribution in [0.4, 0.5) is 0 Å². The van der Waals surface area contributed by atoms with Gasteiger partial charge in [-0.15, -0.1) is 0 Å². The lowest BCUT2D eigenvalue weighted by Crippen LogP contribution is -2.30. The number of rotatable bonds is 4. The fourth-order valence-electron chi connectivity index (χ4n) is 3.61. The molecule has 0 spiro atoms. The lowest BCUT2D eigenvalue weighted by atomic mass is 9.98. The van der Waals surface area contributed by atoms with Gasteiger partial charge in [0.25, 0.3) is 11.7 Å². The largest absolute Gasteiger partial charge is 0.507 e. The van der Waals surface area contributed by atoms with Crippen molar-refractivity contribution < 1.29 is 14.7 Å². The third kappa shape index (κ3) is 2.70. The van der Waals surface area contributed by atoms with Gasteiger partial charge in [0.1, 0.15) is 11.8 Å². The number of benzene rings is 1. The van der Waals surface area contributed by atoms with Crippen LogP contribution >= 0.6 is 0 Å². The Kier molecular flexibility index (Phi) is 4.24. The molecule has 0 aliphatic carbocycles. The zero-order valence-electron chi connectivity index (χ0n) is 14.8. The van der Waals surface area contributed by atoms with E-state index in [0.29, 0.717) is 24.2 Å². The molecule has 1 aliphatic heterocycles. The number of para-hydroxylation sites is 1. The predicted molar refractivity (Wildman–Crippen MR) is 102 cm³/mol. The molecule has 6 heteroatoms. The number of aliphatic hydroxyl groups excluding tert-OH is 1. The zero-order valence-corrected chi connectivity index (χ0v) is 14.8. The monoisotopic (exact) mass is 361 g/mol. The maximum atomic E-state index is 12.8. The average molecular weight is 361 g/mol. The Morgan fingerprint density at radius 1 is 1.19 bits per heavy atom. The maximum Gasteiger partial charge on any atom is 0.295 e.